The van der Waals surface area contributed by atoms with Crippen molar-refractivity contribution < 1.29 is 0 Å². The van der Waals surface area contributed by atoms with Gasteiger partial charge in [-0.1, -0.05) is 34.8 Å². The average molecular weight is 327 g/mol. The number of aromatic nitrogens is 2. The molecule has 0 radical (unpaired) electrons. The van der Waals surface area contributed by atoms with E-state index < -0.39 is 0 Å². The molecule has 0 aromatic carbocycles. The van der Waals surface area contributed by atoms with Gasteiger partial charge in [0.15, 0.2) is 11.0 Å². The molecule has 0 bridgehead atoms. The highest BCUT2D eigenvalue weighted by Crippen LogP contribution is 2.34. The lowest BCUT2D eigenvalue weighted by Crippen LogP contribution is -1.97. The summed E-state index contributed by atoms with van der Waals surface area (Å²) < 4.78 is 0. The molecule has 0 unspecified atom stereocenters. The maximum Gasteiger partial charge on any atom is 0.168 e. The Kier molecular flexibility index (Phi) is 4.74. The van der Waals surface area contributed by atoms with E-state index in [0.717, 1.165) is 5.56 Å². The molecule has 8 heteroatoms. The van der Waals surface area contributed by atoms with Crippen LogP contribution in [-0.4, -0.2) is 16.2 Å². The molecule has 0 saturated heterocycles. The molecule has 0 aliphatic carbocycles. The van der Waals surface area contributed by atoms with Crippen molar-refractivity contribution in [2.75, 3.05) is 5.43 Å². The fourth-order valence-corrected chi connectivity index (χ4v) is 1.96. The molecule has 2 aromatic rings. The fraction of sp³-hybridized carbons (Fsp3) is 0. The van der Waals surface area contributed by atoms with E-state index in [4.69, 9.17) is 40.1 Å². The van der Waals surface area contributed by atoms with Gasteiger partial charge in [0.1, 0.15) is 16.7 Å². The maximum atomic E-state index is 8.87. The Hall–Kier alpha value is -1.87. The molecule has 2 rings (SSSR count). The number of nitrogens with zero attached hydrogens (tertiary/aromatic N) is 4. The topological polar surface area (TPSA) is 74.0 Å². The van der Waals surface area contributed by atoms with Gasteiger partial charge in [-0.15, -0.1) is 0 Å². The molecule has 1 N–H and O–H groups in total. The van der Waals surface area contributed by atoms with Crippen LogP contribution in [0.1, 0.15) is 11.1 Å². The molecule has 2 heterocycles. The van der Waals surface area contributed by atoms with Gasteiger partial charge in [-0.25, -0.2) is 4.98 Å². The molecule has 5 nitrogen and oxygen atoms in total. The van der Waals surface area contributed by atoms with Crippen LogP contribution in [0.25, 0.3) is 0 Å². The molecule has 0 fully saturated rings. The van der Waals surface area contributed by atoms with Gasteiger partial charge in [-0.3, -0.25) is 10.4 Å². The summed E-state index contributed by atoms with van der Waals surface area (Å²) in [4.78, 5) is 7.81. The first kappa shape index (κ1) is 14.5. The zero-order valence-electron chi connectivity index (χ0n) is 9.81. The summed E-state index contributed by atoms with van der Waals surface area (Å²) in [6, 6.07) is 5.38. The van der Waals surface area contributed by atoms with E-state index >= 15 is 0 Å². The summed E-state index contributed by atoms with van der Waals surface area (Å²) in [7, 11) is 0. The monoisotopic (exact) mass is 325 g/mol. The molecular formula is C12H6Cl3N5. The average Bonchev–Trinajstić information content (AvgIpc) is 2.46. The van der Waals surface area contributed by atoms with E-state index in [9.17, 15) is 0 Å². The summed E-state index contributed by atoms with van der Waals surface area (Å²) in [5, 5.41) is 12.9. The number of nitrogens with one attached hydrogen (secondary N) is 1. The number of hydrogen-bond donors (Lipinski definition) is 1. The lowest BCUT2D eigenvalue weighted by Gasteiger charge is -2.06. The molecule has 20 heavy (non-hydrogen) atoms. The Bertz CT molecular complexity index is 694. The zero-order chi connectivity index (χ0) is 14.5. The second-order valence-electron chi connectivity index (χ2n) is 3.52. The minimum absolute atomic E-state index is 0.0296. The van der Waals surface area contributed by atoms with Gasteiger partial charge in [0.05, 0.1) is 11.2 Å². The first-order chi connectivity index (χ1) is 9.63. The predicted octanol–water partition coefficient (Wildman–Crippen LogP) is 3.75. The number of anilines is 1. The second kappa shape index (κ2) is 6.53. The van der Waals surface area contributed by atoms with Crippen molar-refractivity contribution in [2.45, 2.75) is 0 Å². The Morgan fingerprint density at radius 3 is 2.55 bits per heavy atom. The number of hydrogen-bond acceptors (Lipinski definition) is 5. The SMILES string of the molecule is N#Cc1c(Cl)nc(N/N=C/c2ccncc2)c(Cl)c1Cl. The zero-order valence-corrected chi connectivity index (χ0v) is 12.1. The molecule has 100 valence electrons. The predicted molar refractivity (Wildman–Crippen MR) is 79.4 cm³/mol. The van der Waals surface area contributed by atoms with Crippen molar-refractivity contribution in [3.05, 3.63) is 50.9 Å². The van der Waals surface area contributed by atoms with E-state index in [1.807, 2.05) is 6.07 Å². The first-order valence-corrected chi connectivity index (χ1v) is 6.40. The van der Waals surface area contributed by atoms with Gasteiger partial charge in [0.2, 0.25) is 0 Å². The molecule has 0 amide bonds. The van der Waals surface area contributed by atoms with Crippen LogP contribution in [0.5, 0.6) is 0 Å². The van der Waals surface area contributed by atoms with Crippen molar-refractivity contribution in [2.24, 2.45) is 5.10 Å². The van der Waals surface area contributed by atoms with Crippen molar-refractivity contribution >= 4 is 46.8 Å². The van der Waals surface area contributed by atoms with E-state index in [2.05, 4.69) is 20.5 Å². The maximum absolute atomic E-state index is 8.87. The van der Waals surface area contributed by atoms with Gasteiger partial charge < -0.3 is 0 Å². The third kappa shape index (κ3) is 3.17. The van der Waals surface area contributed by atoms with E-state index in [1.54, 1.807) is 30.7 Å². The van der Waals surface area contributed by atoms with Crippen LogP contribution in [0.4, 0.5) is 5.82 Å². The number of hydrazone groups is 1. The van der Waals surface area contributed by atoms with Crippen LogP contribution in [-0.2, 0) is 0 Å². The van der Waals surface area contributed by atoms with Crippen molar-refractivity contribution in [3.63, 3.8) is 0 Å². The van der Waals surface area contributed by atoms with Crippen molar-refractivity contribution in [1.29, 1.82) is 5.26 Å². The molecule has 0 atom stereocenters. The van der Waals surface area contributed by atoms with Gasteiger partial charge in [-0.2, -0.15) is 10.4 Å². The van der Waals surface area contributed by atoms with Crippen LogP contribution in [0.15, 0.2) is 29.6 Å². The summed E-state index contributed by atoms with van der Waals surface area (Å²) >= 11 is 17.7. The normalized spacial score (nSPS) is 10.5. The second-order valence-corrected chi connectivity index (χ2v) is 4.63. The number of halogens is 3. The molecule has 0 aliphatic rings. The Balaban J connectivity index is 2.23. The smallest absolute Gasteiger partial charge is 0.168 e. The number of nitriles is 1. The Morgan fingerprint density at radius 2 is 1.90 bits per heavy atom. The summed E-state index contributed by atoms with van der Waals surface area (Å²) in [5.74, 6) is 0.172. The van der Waals surface area contributed by atoms with Crippen LogP contribution in [0.2, 0.25) is 15.2 Å². The number of rotatable bonds is 3. The lowest BCUT2D eigenvalue weighted by molar-refractivity contribution is 1.22. The first-order valence-electron chi connectivity index (χ1n) is 5.27. The molecule has 0 spiro atoms. The summed E-state index contributed by atoms with van der Waals surface area (Å²) in [5.41, 5.74) is 3.49. The highest BCUT2D eigenvalue weighted by Gasteiger charge is 2.15. The molecular weight excluding hydrogens is 321 g/mol. The molecule has 2 aromatic heterocycles. The fourth-order valence-electron chi connectivity index (χ4n) is 1.29. The minimum Gasteiger partial charge on any atom is -0.265 e. The molecule has 0 aliphatic heterocycles. The number of pyridine rings is 2. The van der Waals surface area contributed by atoms with E-state index in [1.165, 1.54) is 0 Å². The van der Waals surface area contributed by atoms with Crippen molar-refractivity contribution in [3.8, 4) is 6.07 Å². The Labute approximate surface area is 129 Å². The van der Waals surface area contributed by atoms with Crippen LogP contribution < -0.4 is 5.43 Å². The third-order valence-electron chi connectivity index (χ3n) is 2.24. The summed E-state index contributed by atoms with van der Waals surface area (Å²) in [6.45, 7) is 0. The van der Waals surface area contributed by atoms with Crippen molar-refractivity contribution in [1.82, 2.24) is 9.97 Å². The lowest BCUT2D eigenvalue weighted by atomic mass is 10.3. The van der Waals surface area contributed by atoms with Crippen LogP contribution in [0.3, 0.4) is 0 Å². The third-order valence-corrected chi connectivity index (χ3v) is 3.35. The highest BCUT2D eigenvalue weighted by molar-refractivity contribution is 6.45. The van der Waals surface area contributed by atoms with Crippen LogP contribution >= 0.6 is 34.8 Å². The summed E-state index contributed by atoms with van der Waals surface area (Å²) in [6.07, 6.45) is 4.84. The standard InChI is InChI=1S/C12H6Cl3N5/c13-9-8(5-16)11(15)19-12(10(9)14)20-18-6-7-1-3-17-4-2-7/h1-4,6H,(H,19,20)/b18-6+. The Morgan fingerprint density at radius 1 is 1.20 bits per heavy atom. The van der Waals surface area contributed by atoms with E-state index in [0.29, 0.717) is 0 Å². The quantitative estimate of drug-likeness (QED) is 0.529. The molecule has 0 saturated carbocycles. The van der Waals surface area contributed by atoms with Crippen LogP contribution in [0, 0.1) is 11.3 Å². The highest BCUT2D eigenvalue weighted by atomic mass is 35.5. The van der Waals surface area contributed by atoms with E-state index in [-0.39, 0.29) is 26.6 Å². The van der Waals surface area contributed by atoms with Gasteiger partial charge in [0.25, 0.3) is 0 Å². The largest absolute Gasteiger partial charge is 0.265 e. The van der Waals surface area contributed by atoms with Gasteiger partial charge in [-0.05, 0) is 17.7 Å². The minimum atomic E-state index is -0.0384. The van der Waals surface area contributed by atoms with Gasteiger partial charge >= 0.3 is 0 Å². The van der Waals surface area contributed by atoms with Gasteiger partial charge in [0, 0.05) is 12.4 Å².